The minimum Gasteiger partial charge on any atom is -0.480 e. The molecular formula is C23H37N11O5S. The number of carbonyl (C=O) groups excluding carboxylic acids is 3. The molecule has 0 aromatic carbocycles. The molecule has 0 aliphatic heterocycles. The number of carboxylic acid groups (broad SMARTS) is 1. The number of thioether (sulfide) groups is 1. The van der Waals surface area contributed by atoms with Crippen LogP contribution in [-0.2, 0) is 32.0 Å². The van der Waals surface area contributed by atoms with Gasteiger partial charge in [0.15, 0.2) is 5.96 Å². The Morgan fingerprint density at radius 1 is 0.925 bits per heavy atom. The van der Waals surface area contributed by atoms with Gasteiger partial charge in [0.2, 0.25) is 17.7 Å². The minimum atomic E-state index is -1.25. The molecule has 0 fully saturated rings. The maximum absolute atomic E-state index is 13.3. The summed E-state index contributed by atoms with van der Waals surface area (Å²) in [5.74, 6) is -2.72. The zero-order valence-corrected chi connectivity index (χ0v) is 22.9. The van der Waals surface area contributed by atoms with Crippen LogP contribution in [0.1, 0.15) is 30.7 Å². The molecule has 2 aromatic heterocycles. The lowest BCUT2D eigenvalue weighted by molar-refractivity contribution is -0.142. The molecule has 220 valence electrons. The number of hydrogen-bond acceptors (Lipinski definition) is 9. The van der Waals surface area contributed by atoms with Gasteiger partial charge in [-0.1, -0.05) is 0 Å². The number of carboxylic acids is 1. The molecule has 3 amide bonds. The molecule has 0 aliphatic rings. The number of hydrogen-bond donors (Lipinski definition) is 9. The van der Waals surface area contributed by atoms with Crippen LogP contribution in [0.3, 0.4) is 0 Å². The molecule has 16 nitrogen and oxygen atoms in total. The second kappa shape index (κ2) is 16.8. The van der Waals surface area contributed by atoms with Crippen LogP contribution in [0.4, 0.5) is 0 Å². The number of guanidine groups is 1. The largest absolute Gasteiger partial charge is 0.480 e. The molecule has 2 heterocycles. The monoisotopic (exact) mass is 579 g/mol. The number of nitrogens with two attached hydrogens (primary N) is 3. The summed E-state index contributed by atoms with van der Waals surface area (Å²) in [5, 5.41) is 17.4. The molecule has 4 atom stereocenters. The van der Waals surface area contributed by atoms with Crippen LogP contribution in [0.2, 0.25) is 0 Å². The number of aromatic amines is 2. The van der Waals surface area contributed by atoms with Gasteiger partial charge in [0, 0.05) is 43.2 Å². The highest BCUT2D eigenvalue weighted by atomic mass is 32.2. The van der Waals surface area contributed by atoms with Gasteiger partial charge in [0.05, 0.1) is 18.7 Å². The van der Waals surface area contributed by atoms with Gasteiger partial charge in [0.25, 0.3) is 0 Å². The maximum Gasteiger partial charge on any atom is 0.326 e. The van der Waals surface area contributed by atoms with Crippen LogP contribution in [0.15, 0.2) is 30.0 Å². The second-order valence-corrected chi connectivity index (χ2v) is 9.91. The Labute approximate surface area is 235 Å². The lowest BCUT2D eigenvalue weighted by Crippen LogP contribution is -2.57. The van der Waals surface area contributed by atoms with E-state index in [0.29, 0.717) is 23.6 Å². The topological polar surface area (TPSA) is 272 Å². The van der Waals surface area contributed by atoms with Crippen molar-refractivity contribution in [2.75, 3.05) is 18.6 Å². The fourth-order valence-electron chi connectivity index (χ4n) is 3.64. The Hall–Kier alpha value is -4.12. The quantitative estimate of drug-likeness (QED) is 0.0509. The number of aromatic nitrogens is 4. The summed E-state index contributed by atoms with van der Waals surface area (Å²) in [6, 6.07) is -4.33. The highest BCUT2D eigenvalue weighted by molar-refractivity contribution is 7.98. The number of nitrogens with zero attached hydrogens (tertiary/aromatic N) is 3. The molecule has 0 saturated heterocycles. The summed E-state index contributed by atoms with van der Waals surface area (Å²) >= 11 is 1.45. The number of aliphatic carboxylic acids is 1. The minimum absolute atomic E-state index is 0.0258. The first kappa shape index (κ1) is 32.1. The maximum atomic E-state index is 13.3. The van der Waals surface area contributed by atoms with Crippen molar-refractivity contribution in [1.29, 1.82) is 0 Å². The van der Waals surface area contributed by atoms with Gasteiger partial charge in [-0.05, 0) is 31.3 Å². The second-order valence-electron chi connectivity index (χ2n) is 8.92. The standard InChI is InChI=1S/C23H37N11O5S/c1-40-6-4-17(21(37)34-18(22(38)39)8-14-10-28-12-31-14)33-20(36)16(3-2-5-29-23(25)26)32-19(35)15(24)7-13-9-27-11-30-13/h9-12,15-18H,2-8,24H2,1H3,(H,27,30)(H,28,31)(H,32,35)(H,33,36)(H,34,37)(H,38,39)(H4,25,26,29). The predicted octanol–water partition coefficient (Wildman–Crippen LogP) is -2.41. The first-order valence-corrected chi connectivity index (χ1v) is 13.9. The highest BCUT2D eigenvalue weighted by Crippen LogP contribution is 2.07. The number of amides is 3. The van der Waals surface area contributed by atoms with Crippen molar-refractivity contribution in [3.8, 4) is 0 Å². The molecule has 0 radical (unpaired) electrons. The van der Waals surface area contributed by atoms with Crippen LogP contribution in [-0.4, -0.2) is 97.4 Å². The fraction of sp³-hybridized carbons (Fsp3) is 0.522. The Morgan fingerprint density at radius 3 is 2.00 bits per heavy atom. The normalized spacial score (nSPS) is 13.8. The number of rotatable bonds is 18. The summed E-state index contributed by atoms with van der Waals surface area (Å²) in [6.45, 7) is 0.215. The van der Waals surface area contributed by atoms with E-state index >= 15 is 0 Å². The van der Waals surface area contributed by atoms with Crippen molar-refractivity contribution in [1.82, 2.24) is 35.9 Å². The third kappa shape index (κ3) is 11.3. The zero-order valence-electron chi connectivity index (χ0n) is 22.1. The number of aliphatic imine (C=N–C) groups is 1. The molecule has 0 aliphatic carbocycles. The van der Waals surface area contributed by atoms with Crippen LogP contribution >= 0.6 is 11.8 Å². The van der Waals surface area contributed by atoms with Crippen molar-refractivity contribution >= 4 is 41.4 Å². The summed E-state index contributed by atoms with van der Waals surface area (Å²) in [7, 11) is 0. The summed E-state index contributed by atoms with van der Waals surface area (Å²) < 4.78 is 0. The summed E-state index contributed by atoms with van der Waals surface area (Å²) in [4.78, 5) is 68.3. The first-order valence-electron chi connectivity index (χ1n) is 12.5. The van der Waals surface area contributed by atoms with Crippen molar-refractivity contribution in [2.45, 2.75) is 56.3 Å². The summed E-state index contributed by atoms with van der Waals surface area (Å²) in [6.07, 6.45) is 8.57. The number of H-pyrrole nitrogens is 2. The summed E-state index contributed by atoms with van der Waals surface area (Å²) in [5.41, 5.74) is 17.9. The van der Waals surface area contributed by atoms with E-state index in [-0.39, 0.29) is 38.2 Å². The molecule has 12 N–H and O–H groups in total. The molecule has 4 unspecified atom stereocenters. The van der Waals surface area contributed by atoms with Gasteiger partial charge in [-0.3, -0.25) is 19.4 Å². The van der Waals surface area contributed by atoms with E-state index in [1.165, 1.54) is 36.8 Å². The lowest BCUT2D eigenvalue weighted by Gasteiger charge is -2.25. The molecular weight excluding hydrogens is 542 g/mol. The van der Waals surface area contributed by atoms with Crippen LogP contribution < -0.4 is 33.2 Å². The molecule has 40 heavy (non-hydrogen) atoms. The van der Waals surface area contributed by atoms with Gasteiger partial charge in [-0.15, -0.1) is 0 Å². The number of carbonyl (C=O) groups is 4. The van der Waals surface area contributed by atoms with E-state index in [0.717, 1.165) is 0 Å². The predicted molar refractivity (Wildman–Crippen MR) is 149 cm³/mol. The van der Waals surface area contributed by atoms with Crippen molar-refractivity contribution in [2.24, 2.45) is 22.2 Å². The van der Waals surface area contributed by atoms with E-state index in [1.54, 1.807) is 0 Å². The third-order valence-electron chi connectivity index (χ3n) is 5.75. The average Bonchev–Trinajstić information content (AvgIpc) is 3.61. The zero-order chi connectivity index (χ0) is 29.5. The molecule has 0 spiro atoms. The Balaban J connectivity index is 2.12. The smallest absolute Gasteiger partial charge is 0.326 e. The molecule has 2 rings (SSSR count). The Bertz CT molecular complexity index is 1110. The Kier molecular flexibility index (Phi) is 13.4. The molecule has 17 heteroatoms. The first-order chi connectivity index (χ1) is 19.1. The van der Waals surface area contributed by atoms with Crippen LogP contribution in [0.25, 0.3) is 0 Å². The van der Waals surface area contributed by atoms with Crippen molar-refractivity contribution in [3.05, 3.63) is 36.4 Å². The SMILES string of the molecule is CSCCC(NC(=O)C(CCCN=C(N)N)NC(=O)C(N)Cc1cnc[nH]1)C(=O)NC(Cc1cnc[nH]1)C(=O)O. The average molecular weight is 580 g/mol. The van der Waals surface area contributed by atoms with Gasteiger partial charge in [-0.2, -0.15) is 11.8 Å². The number of nitrogens with one attached hydrogen (secondary N) is 5. The molecule has 2 aromatic rings. The fourth-order valence-corrected chi connectivity index (χ4v) is 4.11. The third-order valence-corrected chi connectivity index (χ3v) is 6.39. The lowest BCUT2D eigenvalue weighted by atomic mass is 10.1. The van der Waals surface area contributed by atoms with Crippen LogP contribution in [0.5, 0.6) is 0 Å². The highest BCUT2D eigenvalue weighted by Gasteiger charge is 2.30. The van der Waals surface area contributed by atoms with E-state index < -0.39 is 47.9 Å². The van der Waals surface area contributed by atoms with Crippen LogP contribution in [0, 0.1) is 0 Å². The van der Waals surface area contributed by atoms with Crippen molar-refractivity contribution in [3.63, 3.8) is 0 Å². The van der Waals surface area contributed by atoms with E-state index in [1.807, 2.05) is 6.26 Å². The molecule has 0 saturated carbocycles. The van der Waals surface area contributed by atoms with Gasteiger partial charge < -0.3 is 48.2 Å². The van der Waals surface area contributed by atoms with E-state index in [2.05, 4.69) is 40.9 Å². The Morgan fingerprint density at radius 2 is 1.48 bits per heavy atom. The van der Waals surface area contributed by atoms with Crippen molar-refractivity contribution < 1.29 is 24.3 Å². The van der Waals surface area contributed by atoms with Gasteiger partial charge in [-0.25, -0.2) is 14.8 Å². The van der Waals surface area contributed by atoms with E-state index in [9.17, 15) is 24.3 Å². The number of imidazole rings is 2. The van der Waals surface area contributed by atoms with Gasteiger partial charge >= 0.3 is 5.97 Å². The van der Waals surface area contributed by atoms with E-state index in [4.69, 9.17) is 17.2 Å². The molecule has 0 bridgehead atoms. The van der Waals surface area contributed by atoms with Gasteiger partial charge in [0.1, 0.15) is 18.1 Å².